The van der Waals surface area contributed by atoms with Crippen molar-refractivity contribution in [1.29, 1.82) is 0 Å². The first-order valence-electron chi connectivity index (χ1n) is 8.73. The van der Waals surface area contributed by atoms with Crippen LogP contribution in [0, 0.1) is 5.92 Å². The Morgan fingerprint density at radius 3 is 2.23 bits per heavy atom. The summed E-state index contributed by atoms with van der Waals surface area (Å²) in [6.45, 7) is 5.04. The molecule has 0 radical (unpaired) electrons. The van der Waals surface area contributed by atoms with Gasteiger partial charge in [-0.05, 0) is 45.1 Å². The summed E-state index contributed by atoms with van der Waals surface area (Å²) in [6.07, 6.45) is 0.221. The molecule has 0 aliphatic carbocycles. The van der Waals surface area contributed by atoms with Crippen LogP contribution in [-0.2, 0) is 23.5 Å². The predicted octanol–water partition coefficient (Wildman–Crippen LogP) is 1.63. The molecule has 26 heavy (non-hydrogen) atoms. The van der Waals surface area contributed by atoms with Crippen molar-refractivity contribution in [3.8, 4) is 0 Å². The summed E-state index contributed by atoms with van der Waals surface area (Å²) in [7, 11) is -4.43. The van der Waals surface area contributed by atoms with Gasteiger partial charge in [-0.15, -0.1) is 0 Å². The average molecular weight is 394 g/mol. The van der Waals surface area contributed by atoms with Gasteiger partial charge in [-0.25, -0.2) is 4.79 Å². The first kappa shape index (κ1) is 24.7. The lowest BCUT2D eigenvalue weighted by Gasteiger charge is -2.28. The normalized spacial score (nSPS) is 15.9. The van der Waals surface area contributed by atoms with Crippen LogP contribution < -0.4 is 11.1 Å². The quantitative estimate of drug-likeness (QED) is 0.256. The van der Waals surface area contributed by atoms with Gasteiger partial charge in [0.15, 0.2) is 6.10 Å². The number of ketones is 1. The molecule has 0 saturated carbocycles. The molecule has 5 N–H and O–H groups in total. The predicted molar refractivity (Wildman–Crippen MR) is 96.5 cm³/mol. The highest BCUT2D eigenvalue weighted by Gasteiger charge is 2.40. The minimum Gasteiger partial charge on any atom is -0.479 e. The van der Waals surface area contributed by atoms with Crippen molar-refractivity contribution in [3.05, 3.63) is 0 Å². The molecule has 0 aromatic heterocycles. The van der Waals surface area contributed by atoms with Gasteiger partial charge in [0.2, 0.25) is 5.91 Å². The highest BCUT2D eigenvalue weighted by molar-refractivity contribution is 7.53. The van der Waals surface area contributed by atoms with E-state index in [1.54, 1.807) is 13.8 Å². The number of rotatable bonds is 14. The summed E-state index contributed by atoms with van der Waals surface area (Å²) in [6, 6.07) is 0. The lowest BCUT2D eigenvalue weighted by atomic mass is 10.1. The van der Waals surface area contributed by atoms with Crippen molar-refractivity contribution in [3.63, 3.8) is 0 Å². The number of carbonyl (C=O) groups excluding carboxylic acids is 2. The summed E-state index contributed by atoms with van der Waals surface area (Å²) in [5.41, 5.74) is 5.36. The van der Waals surface area contributed by atoms with Crippen LogP contribution in [-0.4, -0.2) is 46.1 Å². The first-order valence-corrected chi connectivity index (χ1v) is 10.4. The molecule has 0 rings (SSSR count). The van der Waals surface area contributed by atoms with Crippen LogP contribution in [0.4, 0.5) is 0 Å². The molecule has 9 nitrogen and oxygen atoms in total. The first-order chi connectivity index (χ1) is 12.0. The van der Waals surface area contributed by atoms with Crippen LogP contribution in [0.5, 0.6) is 0 Å². The van der Waals surface area contributed by atoms with Gasteiger partial charge in [0.25, 0.3) is 0 Å². The summed E-state index contributed by atoms with van der Waals surface area (Å²) in [5.74, 6) is -3.56. The van der Waals surface area contributed by atoms with E-state index in [1.807, 2.05) is 0 Å². The molecule has 152 valence electrons. The highest BCUT2D eigenvalue weighted by Crippen LogP contribution is 2.50. The van der Waals surface area contributed by atoms with Crippen molar-refractivity contribution in [2.75, 3.05) is 6.54 Å². The van der Waals surface area contributed by atoms with Crippen molar-refractivity contribution in [1.82, 2.24) is 5.32 Å². The number of nitrogens with one attached hydrogen (secondary N) is 1. The lowest BCUT2D eigenvalue weighted by molar-refractivity contribution is -0.145. The van der Waals surface area contributed by atoms with Gasteiger partial charge in [-0.2, -0.15) is 0 Å². The van der Waals surface area contributed by atoms with E-state index in [0.717, 1.165) is 0 Å². The molecule has 0 spiro atoms. The molecule has 0 aromatic rings. The Hall–Kier alpha value is -1.28. The van der Waals surface area contributed by atoms with Gasteiger partial charge in [-0.3, -0.25) is 13.9 Å². The molecular formula is C16H31N2O7P. The summed E-state index contributed by atoms with van der Waals surface area (Å²) >= 11 is 0. The topological polar surface area (TPSA) is 156 Å². The Balaban J connectivity index is 4.95. The second-order valence-electron chi connectivity index (χ2n) is 6.59. The van der Waals surface area contributed by atoms with Crippen LogP contribution >= 0.6 is 7.60 Å². The fourth-order valence-corrected chi connectivity index (χ4v) is 4.06. The van der Waals surface area contributed by atoms with Crippen molar-refractivity contribution >= 4 is 25.3 Å². The maximum absolute atomic E-state index is 12.6. The van der Waals surface area contributed by atoms with Crippen LogP contribution in [0.15, 0.2) is 0 Å². The Kier molecular flexibility index (Phi) is 11.6. The Bertz CT molecular complexity index is 525. The zero-order valence-corrected chi connectivity index (χ0v) is 16.5. The number of carboxylic acid groups (broad SMARTS) is 1. The van der Waals surface area contributed by atoms with E-state index < -0.39 is 37.3 Å². The number of carbonyl (C=O) groups is 3. The minimum atomic E-state index is -4.43. The third kappa shape index (κ3) is 10.0. The van der Waals surface area contributed by atoms with Gasteiger partial charge in [0, 0.05) is 12.8 Å². The van der Waals surface area contributed by atoms with Crippen molar-refractivity contribution < 1.29 is 33.5 Å². The SMILES string of the molecule is CC(=O)CCCC(=O)NC(C(C)C)P(=O)(O)O[C@H](CCCCN)C(=O)O. The maximum atomic E-state index is 12.6. The monoisotopic (exact) mass is 394 g/mol. The number of nitrogens with two attached hydrogens (primary N) is 1. The van der Waals surface area contributed by atoms with E-state index in [9.17, 15) is 28.9 Å². The lowest BCUT2D eigenvalue weighted by Crippen LogP contribution is -2.40. The zero-order chi connectivity index (χ0) is 20.3. The zero-order valence-electron chi connectivity index (χ0n) is 15.6. The Morgan fingerprint density at radius 2 is 1.77 bits per heavy atom. The third-order valence-electron chi connectivity index (χ3n) is 3.70. The highest BCUT2D eigenvalue weighted by atomic mass is 31.2. The summed E-state index contributed by atoms with van der Waals surface area (Å²) in [5, 5.41) is 11.6. The fraction of sp³-hybridized carbons (Fsp3) is 0.812. The third-order valence-corrected chi connectivity index (χ3v) is 5.68. The van der Waals surface area contributed by atoms with Crippen molar-refractivity contribution in [2.24, 2.45) is 11.7 Å². The number of amides is 1. The van der Waals surface area contributed by atoms with E-state index in [-0.39, 0.29) is 25.0 Å². The average Bonchev–Trinajstić information content (AvgIpc) is 2.50. The van der Waals surface area contributed by atoms with Crippen LogP contribution in [0.2, 0.25) is 0 Å². The number of carboxylic acids is 1. The van der Waals surface area contributed by atoms with E-state index in [4.69, 9.17) is 10.3 Å². The van der Waals surface area contributed by atoms with E-state index in [0.29, 0.717) is 25.8 Å². The second kappa shape index (κ2) is 12.2. The molecule has 1 amide bonds. The molecule has 0 aromatic carbocycles. The fourth-order valence-electron chi connectivity index (χ4n) is 2.30. The molecule has 0 fully saturated rings. The van der Waals surface area contributed by atoms with Gasteiger partial charge in [0.1, 0.15) is 11.6 Å². The van der Waals surface area contributed by atoms with Crippen LogP contribution in [0.1, 0.15) is 59.3 Å². The van der Waals surface area contributed by atoms with E-state index in [2.05, 4.69) is 5.32 Å². The molecule has 0 heterocycles. The molecule has 0 aliphatic heterocycles. The minimum absolute atomic E-state index is 0.0294. The molecule has 0 bridgehead atoms. The van der Waals surface area contributed by atoms with E-state index >= 15 is 0 Å². The van der Waals surface area contributed by atoms with E-state index in [1.165, 1.54) is 6.92 Å². The largest absolute Gasteiger partial charge is 0.479 e. The van der Waals surface area contributed by atoms with Crippen LogP contribution in [0.3, 0.4) is 0 Å². The van der Waals surface area contributed by atoms with Gasteiger partial charge in [-0.1, -0.05) is 13.8 Å². The molecule has 0 aliphatic rings. The second-order valence-corrected chi connectivity index (χ2v) is 8.49. The molecule has 10 heteroatoms. The van der Waals surface area contributed by atoms with Crippen LogP contribution in [0.25, 0.3) is 0 Å². The number of Topliss-reactive ketones (excluding diaryl/α,β-unsaturated/α-hetero) is 1. The summed E-state index contributed by atoms with van der Waals surface area (Å²) in [4.78, 5) is 44.4. The molecule has 0 saturated heterocycles. The standard InChI is InChI=1S/C16H31N2O7P/c1-11(2)15(18-14(20)9-6-7-12(3)19)26(23,24)25-13(16(21)22)8-4-5-10-17/h11,13,15H,4-10,17H2,1-3H3,(H,18,20)(H,21,22)(H,23,24)/t13-,15?/m1/s1. The van der Waals surface area contributed by atoms with Gasteiger partial charge < -0.3 is 25.8 Å². The smallest absolute Gasteiger partial charge is 0.351 e. The van der Waals surface area contributed by atoms with Gasteiger partial charge >= 0.3 is 13.6 Å². The summed E-state index contributed by atoms with van der Waals surface area (Å²) < 4.78 is 17.6. The Labute approximate surface area is 154 Å². The number of hydrogen-bond acceptors (Lipinski definition) is 6. The Morgan fingerprint density at radius 1 is 1.15 bits per heavy atom. The van der Waals surface area contributed by atoms with Gasteiger partial charge in [0.05, 0.1) is 0 Å². The molecule has 2 unspecified atom stereocenters. The number of hydrogen-bond donors (Lipinski definition) is 4. The molecular weight excluding hydrogens is 363 g/mol. The maximum Gasteiger partial charge on any atom is 0.351 e. The molecule has 3 atom stereocenters. The number of aliphatic carboxylic acids is 1. The van der Waals surface area contributed by atoms with Crippen molar-refractivity contribution in [2.45, 2.75) is 71.2 Å². The number of unbranched alkanes of at least 4 members (excludes halogenated alkanes) is 1.